The number of carboxylic acids is 2. The minimum atomic E-state index is -1.87. The molecular formula is C19H35NO5. The zero-order valence-electron chi connectivity index (χ0n) is 15.8. The van der Waals surface area contributed by atoms with Gasteiger partial charge in [0.25, 0.3) is 0 Å². The van der Waals surface area contributed by atoms with E-state index in [-0.39, 0.29) is 5.92 Å². The number of carboxylic acid groups (broad SMARTS) is 2. The molecule has 0 aliphatic carbocycles. The maximum atomic E-state index is 12.4. The molecule has 0 heterocycles. The molecule has 146 valence electrons. The third kappa shape index (κ3) is 11.6. The van der Waals surface area contributed by atoms with Gasteiger partial charge >= 0.3 is 11.9 Å². The highest BCUT2D eigenvalue weighted by atomic mass is 16.4. The average molecular weight is 357 g/mol. The van der Waals surface area contributed by atoms with Crippen LogP contribution in [0.1, 0.15) is 90.9 Å². The number of amides is 1. The van der Waals surface area contributed by atoms with Crippen LogP contribution in [-0.4, -0.2) is 34.1 Å². The van der Waals surface area contributed by atoms with Gasteiger partial charge in [0.15, 0.2) is 0 Å². The molecule has 0 spiro atoms. The summed E-state index contributed by atoms with van der Waals surface area (Å²) >= 11 is 0. The summed E-state index contributed by atoms with van der Waals surface area (Å²) in [5, 5.41) is 20.0. The molecule has 0 aromatic heterocycles. The normalized spacial score (nSPS) is 11.0. The number of rotatable bonds is 16. The summed E-state index contributed by atoms with van der Waals surface area (Å²) in [7, 11) is 0. The molecule has 0 radical (unpaired) electrons. The van der Waals surface area contributed by atoms with Gasteiger partial charge in [0.05, 0.1) is 0 Å². The maximum Gasteiger partial charge on any atom is 0.338 e. The zero-order valence-corrected chi connectivity index (χ0v) is 15.8. The first-order valence-corrected chi connectivity index (χ1v) is 9.69. The van der Waals surface area contributed by atoms with E-state index in [1.807, 2.05) is 0 Å². The molecule has 0 aliphatic rings. The molecule has 1 amide bonds. The van der Waals surface area contributed by atoms with Crippen molar-refractivity contribution in [3.8, 4) is 0 Å². The van der Waals surface area contributed by atoms with Crippen LogP contribution >= 0.6 is 0 Å². The lowest BCUT2D eigenvalue weighted by molar-refractivity contribution is -0.153. The summed E-state index contributed by atoms with van der Waals surface area (Å²) in [5.41, 5.74) is 0. The van der Waals surface area contributed by atoms with Crippen molar-refractivity contribution in [2.45, 2.75) is 96.9 Å². The van der Waals surface area contributed by atoms with E-state index in [0.29, 0.717) is 12.8 Å². The summed E-state index contributed by atoms with van der Waals surface area (Å²) in [6, 6.07) is -1.87. The highest BCUT2D eigenvalue weighted by Gasteiger charge is 2.30. The number of aliphatic carboxylic acids is 2. The molecule has 0 fully saturated rings. The van der Waals surface area contributed by atoms with Gasteiger partial charge in [-0.15, -0.1) is 0 Å². The van der Waals surface area contributed by atoms with Crippen LogP contribution in [0, 0.1) is 5.92 Å². The molecule has 0 aliphatic heterocycles. The van der Waals surface area contributed by atoms with Crippen LogP contribution < -0.4 is 5.32 Å². The van der Waals surface area contributed by atoms with Gasteiger partial charge in [0, 0.05) is 5.92 Å². The van der Waals surface area contributed by atoms with Crippen LogP contribution in [-0.2, 0) is 14.4 Å². The van der Waals surface area contributed by atoms with E-state index in [1.54, 1.807) is 0 Å². The van der Waals surface area contributed by atoms with E-state index in [9.17, 15) is 14.4 Å². The lowest BCUT2D eigenvalue weighted by atomic mass is 9.93. The SMILES string of the molecule is CCCCCCCC(CCCCCCC)C(=O)NC(C(=O)O)C(=O)O. The zero-order chi connectivity index (χ0) is 19.1. The largest absolute Gasteiger partial charge is 0.479 e. The number of nitrogens with one attached hydrogen (secondary N) is 1. The van der Waals surface area contributed by atoms with E-state index in [0.717, 1.165) is 51.4 Å². The molecule has 25 heavy (non-hydrogen) atoms. The van der Waals surface area contributed by atoms with Gasteiger partial charge in [-0.3, -0.25) is 4.79 Å². The van der Waals surface area contributed by atoms with Crippen LogP contribution in [0.4, 0.5) is 0 Å². The van der Waals surface area contributed by atoms with Crippen molar-refractivity contribution in [2.75, 3.05) is 0 Å². The van der Waals surface area contributed by atoms with Gasteiger partial charge in [-0.25, -0.2) is 9.59 Å². The summed E-state index contributed by atoms with van der Waals surface area (Å²) in [6.07, 6.45) is 12.2. The lowest BCUT2D eigenvalue weighted by Gasteiger charge is -2.18. The van der Waals surface area contributed by atoms with E-state index in [2.05, 4.69) is 19.2 Å². The van der Waals surface area contributed by atoms with Crippen molar-refractivity contribution in [1.82, 2.24) is 5.32 Å². The van der Waals surface area contributed by atoms with E-state index < -0.39 is 23.9 Å². The number of unbranched alkanes of at least 4 members (excludes halogenated alkanes) is 8. The molecule has 0 rings (SSSR count). The van der Waals surface area contributed by atoms with Gasteiger partial charge in [-0.1, -0.05) is 78.1 Å². The van der Waals surface area contributed by atoms with E-state index in [4.69, 9.17) is 10.2 Å². The second-order valence-corrected chi connectivity index (χ2v) is 6.72. The topological polar surface area (TPSA) is 104 Å². The summed E-state index contributed by atoms with van der Waals surface area (Å²) in [6.45, 7) is 4.29. The summed E-state index contributed by atoms with van der Waals surface area (Å²) in [5.74, 6) is -3.82. The molecular weight excluding hydrogens is 322 g/mol. The first-order chi connectivity index (χ1) is 11.9. The Kier molecular flexibility index (Phi) is 13.8. The van der Waals surface area contributed by atoms with Crippen molar-refractivity contribution in [3.05, 3.63) is 0 Å². The van der Waals surface area contributed by atoms with Gasteiger partial charge in [-0.2, -0.15) is 0 Å². The van der Waals surface area contributed by atoms with E-state index >= 15 is 0 Å². The highest BCUT2D eigenvalue weighted by molar-refractivity contribution is 6.01. The second-order valence-electron chi connectivity index (χ2n) is 6.72. The molecule has 0 saturated heterocycles. The molecule has 6 heteroatoms. The summed E-state index contributed by atoms with van der Waals surface area (Å²) in [4.78, 5) is 34.3. The number of hydrogen-bond donors (Lipinski definition) is 3. The quantitative estimate of drug-likeness (QED) is 0.286. The molecule has 0 bridgehead atoms. The van der Waals surface area contributed by atoms with Gasteiger partial charge < -0.3 is 15.5 Å². The molecule has 0 atom stereocenters. The lowest BCUT2D eigenvalue weighted by Crippen LogP contribution is -2.48. The predicted octanol–water partition coefficient (Wildman–Crippen LogP) is 3.98. The molecule has 0 saturated carbocycles. The smallest absolute Gasteiger partial charge is 0.338 e. The fraction of sp³-hybridized carbons (Fsp3) is 0.842. The fourth-order valence-electron chi connectivity index (χ4n) is 2.88. The van der Waals surface area contributed by atoms with Gasteiger partial charge in [0.1, 0.15) is 0 Å². The van der Waals surface area contributed by atoms with E-state index in [1.165, 1.54) is 12.8 Å². The molecule has 3 N–H and O–H groups in total. The number of carbonyl (C=O) groups is 3. The Morgan fingerprint density at radius 3 is 1.48 bits per heavy atom. The molecule has 0 aromatic rings. The van der Waals surface area contributed by atoms with Crippen LogP contribution in [0.5, 0.6) is 0 Å². The monoisotopic (exact) mass is 357 g/mol. The van der Waals surface area contributed by atoms with Crippen LogP contribution in [0.2, 0.25) is 0 Å². The third-order valence-electron chi connectivity index (χ3n) is 4.46. The third-order valence-corrected chi connectivity index (χ3v) is 4.46. The van der Waals surface area contributed by atoms with Crippen molar-refractivity contribution in [2.24, 2.45) is 5.92 Å². The Hall–Kier alpha value is -1.59. The predicted molar refractivity (Wildman–Crippen MR) is 97.4 cm³/mol. The Morgan fingerprint density at radius 1 is 0.720 bits per heavy atom. The van der Waals surface area contributed by atoms with Gasteiger partial charge in [0.2, 0.25) is 11.9 Å². The Morgan fingerprint density at radius 2 is 1.12 bits per heavy atom. The van der Waals surface area contributed by atoms with Crippen LogP contribution in [0.25, 0.3) is 0 Å². The van der Waals surface area contributed by atoms with Crippen molar-refractivity contribution >= 4 is 17.8 Å². The minimum Gasteiger partial charge on any atom is -0.479 e. The summed E-state index contributed by atoms with van der Waals surface area (Å²) < 4.78 is 0. The molecule has 0 unspecified atom stereocenters. The fourth-order valence-corrected chi connectivity index (χ4v) is 2.88. The van der Waals surface area contributed by atoms with Crippen molar-refractivity contribution < 1.29 is 24.6 Å². The Labute approximate surface area is 151 Å². The highest BCUT2D eigenvalue weighted by Crippen LogP contribution is 2.19. The molecule has 0 aromatic carbocycles. The van der Waals surface area contributed by atoms with Crippen molar-refractivity contribution in [3.63, 3.8) is 0 Å². The van der Waals surface area contributed by atoms with Crippen LogP contribution in [0.3, 0.4) is 0 Å². The average Bonchev–Trinajstić information content (AvgIpc) is 2.56. The second kappa shape index (κ2) is 14.7. The Balaban J connectivity index is 4.52. The van der Waals surface area contributed by atoms with Crippen LogP contribution in [0.15, 0.2) is 0 Å². The van der Waals surface area contributed by atoms with Crippen molar-refractivity contribution in [1.29, 1.82) is 0 Å². The number of hydrogen-bond acceptors (Lipinski definition) is 3. The Bertz CT molecular complexity index is 369. The first kappa shape index (κ1) is 23.4. The minimum absolute atomic E-state index is 0.301. The standard InChI is InChI=1S/C19H35NO5/c1-3-5-7-9-11-13-15(14-12-10-8-6-4-2)17(21)20-16(18(22)23)19(24)25/h15-16H,3-14H2,1-2H3,(H,20,21)(H,22,23)(H,24,25). The molecule has 6 nitrogen and oxygen atoms in total. The maximum absolute atomic E-state index is 12.4. The number of carbonyl (C=O) groups excluding carboxylic acids is 1. The van der Waals surface area contributed by atoms with Gasteiger partial charge in [-0.05, 0) is 12.8 Å². The first-order valence-electron chi connectivity index (χ1n) is 9.69.